The van der Waals surface area contributed by atoms with Crippen molar-refractivity contribution in [2.75, 3.05) is 5.32 Å². The highest BCUT2D eigenvalue weighted by atomic mass is 16.2. The molecule has 3 atom stereocenters. The van der Waals surface area contributed by atoms with E-state index in [1.54, 1.807) is 6.20 Å². The number of aromatic nitrogens is 1. The summed E-state index contributed by atoms with van der Waals surface area (Å²) in [4.78, 5) is 27.8. The van der Waals surface area contributed by atoms with Crippen molar-refractivity contribution in [1.29, 1.82) is 0 Å². The number of amides is 2. The lowest BCUT2D eigenvalue weighted by Crippen LogP contribution is -2.41. The maximum atomic E-state index is 12.5. The normalized spacial score (nSPS) is 25.7. The van der Waals surface area contributed by atoms with Crippen LogP contribution >= 0.6 is 0 Å². The quantitative estimate of drug-likeness (QED) is 0.797. The first-order valence-corrected chi connectivity index (χ1v) is 8.30. The number of hydrogen-bond donors (Lipinski definition) is 3. The van der Waals surface area contributed by atoms with Crippen LogP contribution in [0.1, 0.15) is 31.2 Å². The van der Waals surface area contributed by atoms with Crippen molar-refractivity contribution in [1.82, 2.24) is 10.3 Å². The van der Waals surface area contributed by atoms with Crippen LogP contribution in [0.4, 0.5) is 10.5 Å². The smallest absolute Gasteiger partial charge is 0.319 e. The van der Waals surface area contributed by atoms with Gasteiger partial charge >= 0.3 is 6.03 Å². The molecule has 0 radical (unpaired) electrons. The maximum Gasteiger partial charge on any atom is 0.319 e. The summed E-state index contributed by atoms with van der Waals surface area (Å²) in [5.41, 5.74) is 1.94. The number of H-pyrrole nitrogens is 1. The van der Waals surface area contributed by atoms with Crippen LogP contribution in [0.15, 0.2) is 29.2 Å². The minimum atomic E-state index is -0.278. The maximum absolute atomic E-state index is 12.5. The minimum Gasteiger partial charge on any atom is -0.359 e. The zero-order valence-electron chi connectivity index (χ0n) is 13.2. The monoisotopic (exact) mass is 311 g/mol. The molecular formula is C18H21N3O2. The Bertz CT molecular complexity index is 827. The van der Waals surface area contributed by atoms with Crippen LogP contribution in [-0.2, 0) is 0 Å². The van der Waals surface area contributed by atoms with Gasteiger partial charge in [0.05, 0.1) is 0 Å². The van der Waals surface area contributed by atoms with Gasteiger partial charge in [-0.15, -0.1) is 0 Å². The van der Waals surface area contributed by atoms with E-state index in [1.165, 1.54) is 19.3 Å². The fraction of sp³-hybridized carbons (Fsp3) is 0.444. The van der Waals surface area contributed by atoms with Crippen molar-refractivity contribution >= 4 is 22.6 Å². The molecule has 2 amide bonds. The van der Waals surface area contributed by atoms with Gasteiger partial charge in [-0.05, 0) is 50.2 Å². The van der Waals surface area contributed by atoms with Gasteiger partial charge in [-0.25, -0.2) is 4.79 Å². The van der Waals surface area contributed by atoms with Gasteiger partial charge in [-0.3, -0.25) is 4.79 Å². The predicted octanol–water partition coefficient (Wildman–Crippen LogP) is 3.15. The van der Waals surface area contributed by atoms with Gasteiger partial charge in [0, 0.05) is 23.1 Å². The van der Waals surface area contributed by atoms with Gasteiger partial charge in [-0.1, -0.05) is 18.1 Å². The van der Waals surface area contributed by atoms with Crippen molar-refractivity contribution in [3.05, 3.63) is 40.2 Å². The molecule has 23 heavy (non-hydrogen) atoms. The van der Waals surface area contributed by atoms with Gasteiger partial charge in [0.2, 0.25) is 5.43 Å². The van der Waals surface area contributed by atoms with Gasteiger partial charge in [0.15, 0.2) is 0 Å². The summed E-state index contributed by atoms with van der Waals surface area (Å²) in [7, 11) is 0. The van der Waals surface area contributed by atoms with E-state index in [0.717, 1.165) is 23.4 Å². The van der Waals surface area contributed by atoms with Crippen LogP contribution in [-0.4, -0.2) is 17.1 Å². The molecule has 3 N–H and O–H groups in total. The van der Waals surface area contributed by atoms with Gasteiger partial charge in [-0.2, -0.15) is 0 Å². The molecule has 0 aliphatic heterocycles. The summed E-state index contributed by atoms with van der Waals surface area (Å²) in [6.07, 6.45) is 6.39. The Balaban J connectivity index is 1.52. The minimum absolute atomic E-state index is 0.148. The van der Waals surface area contributed by atoms with E-state index in [1.807, 2.05) is 25.1 Å². The molecule has 0 saturated heterocycles. The molecule has 1 heterocycles. The third kappa shape index (κ3) is 2.60. The number of benzene rings is 1. The molecule has 4 rings (SSSR count). The summed E-state index contributed by atoms with van der Waals surface area (Å²) in [6.45, 7) is 1.95. The average Bonchev–Trinajstić information content (AvgIpc) is 3.13. The summed E-state index contributed by atoms with van der Waals surface area (Å²) in [5.74, 6) is 1.39. The molecule has 0 spiro atoms. The molecular weight excluding hydrogens is 290 g/mol. The van der Waals surface area contributed by atoms with E-state index >= 15 is 0 Å². The Morgan fingerprint density at radius 3 is 2.87 bits per heavy atom. The fourth-order valence-corrected chi connectivity index (χ4v) is 4.17. The number of urea groups is 1. The molecule has 1 aromatic carbocycles. The van der Waals surface area contributed by atoms with Crippen molar-refractivity contribution < 1.29 is 4.79 Å². The molecule has 1 aromatic heterocycles. The predicted molar refractivity (Wildman–Crippen MR) is 90.7 cm³/mol. The van der Waals surface area contributed by atoms with Crippen LogP contribution in [0.25, 0.3) is 10.9 Å². The number of pyridine rings is 1. The lowest BCUT2D eigenvalue weighted by atomic mass is 9.95. The van der Waals surface area contributed by atoms with Crippen LogP contribution in [0.3, 0.4) is 0 Å². The first-order chi connectivity index (χ1) is 11.1. The molecule has 2 saturated carbocycles. The number of carbonyl (C=O) groups excluding carboxylic acids is 1. The van der Waals surface area contributed by atoms with Crippen molar-refractivity contribution in [3.8, 4) is 0 Å². The number of fused-ring (bicyclic) bond motifs is 3. The van der Waals surface area contributed by atoms with Crippen molar-refractivity contribution in [3.63, 3.8) is 0 Å². The molecule has 0 unspecified atom stereocenters. The lowest BCUT2D eigenvalue weighted by Gasteiger charge is -2.22. The average molecular weight is 311 g/mol. The number of rotatable bonds is 2. The molecule has 2 aromatic rings. The Kier molecular flexibility index (Phi) is 3.36. The summed E-state index contributed by atoms with van der Waals surface area (Å²) >= 11 is 0. The van der Waals surface area contributed by atoms with Gasteiger partial charge < -0.3 is 15.6 Å². The first kappa shape index (κ1) is 14.3. The van der Waals surface area contributed by atoms with Crippen LogP contribution in [0.5, 0.6) is 0 Å². The van der Waals surface area contributed by atoms with E-state index < -0.39 is 0 Å². The summed E-state index contributed by atoms with van der Waals surface area (Å²) in [5, 5.41) is 6.36. The zero-order valence-corrected chi connectivity index (χ0v) is 13.2. The van der Waals surface area contributed by atoms with E-state index in [9.17, 15) is 9.59 Å². The third-order valence-corrected chi connectivity index (χ3v) is 5.34. The van der Waals surface area contributed by atoms with E-state index in [4.69, 9.17) is 0 Å². The fourth-order valence-electron chi connectivity index (χ4n) is 4.17. The number of carbonyl (C=O) groups is 1. The second-order valence-electron chi connectivity index (χ2n) is 6.96. The van der Waals surface area contributed by atoms with E-state index in [-0.39, 0.29) is 17.5 Å². The number of aromatic amines is 1. The molecule has 2 aliphatic rings. The first-order valence-electron chi connectivity index (χ1n) is 8.30. The van der Waals surface area contributed by atoms with E-state index in [2.05, 4.69) is 15.6 Å². The number of aryl methyl sites for hydroxylation is 1. The Hall–Kier alpha value is -2.30. The molecule has 5 heteroatoms. The summed E-state index contributed by atoms with van der Waals surface area (Å²) in [6, 6.07) is 5.65. The van der Waals surface area contributed by atoms with Gasteiger partial charge in [0.25, 0.3) is 0 Å². The van der Waals surface area contributed by atoms with Crippen molar-refractivity contribution in [2.45, 2.75) is 38.6 Å². The Morgan fingerprint density at radius 1 is 1.26 bits per heavy atom. The highest BCUT2D eigenvalue weighted by Crippen LogP contribution is 2.44. The molecule has 2 aliphatic carbocycles. The highest BCUT2D eigenvalue weighted by Gasteiger charge is 2.40. The van der Waals surface area contributed by atoms with Crippen molar-refractivity contribution in [2.24, 2.45) is 11.8 Å². The number of nitrogens with one attached hydrogen (secondary N) is 3. The van der Waals surface area contributed by atoms with Crippen LogP contribution in [0.2, 0.25) is 0 Å². The molecule has 5 nitrogen and oxygen atoms in total. The highest BCUT2D eigenvalue weighted by molar-refractivity contribution is 5.92. The SMILES string of the molecule is Cc1ccc2[nH]cc(NC(=O)N[C@H]3C[C@H]4CC[C@H]3C4)c(=O)c2c1. The van der Waals surface area contributed by atoms with Crippen LogP contribution in [0, 0.1) is 18.8 Å². The topological polar surface area (TPSA) is 74.0 Å². The Morgan fingerprint density at radius 2 is 2.13 bits per heavy atom. The Labute approximate surface area is 134 Å². The second-order valence-corrected chi connectivity index (χ2v) is 6.96. The standard InChI is InChI=1S/C18H21N3O2/c1-10-2-5-14-13(6-10)17(22)16(9-19-14)21-18(23)20-15-8-11-3-4-12(15)7-11/h2,5-6,9,11-12,15H,3-4,7-8H2,1H3,(H,19,22)(H2,20,21,23)/t11-,12-,15-/m0/s1. The zero-order chi connectivity index (χ0) is 16.0. The van der Waals surface area contributed by atoms with Gasteiger partial charge in [0.1, 0.15) is 5.69 Å². The van der Waals surface area contributed by atoms with Crippen LogP contribution < -0.4 is 16.1 Å². The number of hydrogen-bond acceptors (Lipinski definition) is 2. The molecule has 2 bridgehead atoms. The van der Waals surface area contributed by atoms with E-state index in [0.29, 0.717) is 17.0 Å². The third-order valence-electron chi connectivity index (χ3n) is 5.34. The number of anilines is 1. The molecule has 120 valence electrons. The largest absolute Gasteiger partial charge is 0.359 e. The molecule has 2 fully saturated rings. The second kappa shape index (κ2) is 5.41. The lowest BCUT2D eigenvalue weighted by molar-refractivity contribution is 0.242. The summed E-state index contributed by atoms with van der Waals surface area (Å²) < 4.78 is 0.